The van der Waals surface area contributed by atoms with E-state index in [1.165, 1.54) is 0 Å². The van der Waals surface area contributed by atoms with Crippen molar-refractivity contribution in [3.8, 4) is 6.07 Å². The maximum atomic E-state index is 8.78. The van der Waals surface area contributed by atoms with Gasteiger partial charge in [-0.2, -0.15) is 5.26 Å². The fourth-order valence-corrected chi connectivity index (χ4v) is 1.80. The number of aromatic nitrogens is 1. The Balaban J connectivity index is 2.22. The second-order valence-corrected chi connectivity index (χ2v) is 3.61. The monoisotopic (exact) mass is 202 g/mol. The van der Waals surface area contributed by atoms with Crippen LogP contribution in [0.15, 0.2) is 18.3 Å². The zero-order chi connectivity index (χ0) is 10.7. The first-order chi connectivity index (χ1) is 7.35. The van der Waals surface area contributed by atoms with E-state index in [1.54, 1.807) is 6.20 Å². The van der Waals surface area contributed by atoms with E-state index in [-0.39, 0.29) is 0 Å². The molecule has 1 aromatic rings. The van der Waals surface area contributed by atoms with Crippen LogP contribution in [-0.2, 0) is 0 Å². The maximum Gasteiger partial charge on any atom is 0.142 e. The van der Waals surface area contributed by atoms with E-state index in [9.17, 15) is 0 Å². The molecule has 0 bridgehead atoms. The summed E-state index contributed by atoms with van der Waals surface area (Å²) in [5.41, 5.74) is 1.58. The first kappa shape index (κ1) is 9.94. The minimum atomic E-state index is 0.484. The summed E-state index contributed by atoms with van der Waals surface area (Å²) in [4.78, 5) is 6.28. The van der Waals surface area contributed by atoms with Crippen molar-refractivity contribution in [1.82, 2.24) is 10.3 Å². The highest BCUT2D eigenvalue weighted by atomic mass is 15.2. The largest absolute Gasteiger partial charge is 0.366 e. The third-order valence-corrected chi connectivity index (χ3v) is 2.73. The summed E-state index contributed by atoms with van der Waals surface area (Å²) in [5.74, 6) is 0. The number of rotatable bonds is 3. The number of likely N-dealkylation sites (N-methyl/N-ethyl adjacent to an activating group) is 1. The molecule has 1 aromatic heterocycles. The predicted molar refractivity (Wildman–Crippen MR) is 58.6 cm³/mol. The minimum absolute atomic E-state index is 0.484. The van der Waals surface area contributed by atoms with Gasteiger partial charge in [-0.1, -0.05) is 0 Å². The van der Waals surface area contributed by atoms with Gasteiger partial charge < -0.3 is 10.2 Å². The van der Waals surface area contributed by atoms with Crippen LogP contribution in [0.5, 0.6) is 0 Å². The highest BCUT2D eigenvalue weighted by Crippen LogP contribution is 2.18. The molecule has 2 heterocycles. The summed E-state index contributed by atoms with van der Waals surface area (Å²) in [6.45, 7) is 5.14. The van der Waals surface area contributed by atoms with Crippen LogP contribution in [0.3, 0.4) is 0 Å². The molecular formula is C11H14N4. The molecule has 0 unspecified atom stereocenters. The Labute approximate surface area is 89.5 Å². The second-order valence-electron chi connectivity index (χ2n) is 3.61. The standard InChI is InChI=1S/C11H14N4/c1-2-15(11-7-13-8-11)10-3-4-14-9(5-10)6-12/h3-5,11,13H,2,7-8H2,1H3. The number of pyridine rings is 1. The van der Waals surface area contributed by atoms with Gasteiger partial charge in [-0.15, -0.1) is 0 Å². The second kappa shape index (κ2) is 4.28. The number of hydrogen-bond acceptors (Lipinski definition) is 4. The Hall–Kier alpha value is -1.60. The molecule has 0 radical (unpaired) electrons. The van der Waals surface area contributed by atoms with Crippen molar-refractivity contribution in [1.29, 1.82) is 5.26 Å². The Kier molecular flexibility index (Phi) is 2.84. The van der Waals surface area contributed by atoms with Gasteiger partial charge in [0.15, 0.2) is 0 Å². The average Bonchev–Trinajstić information content (AvgIpc) is 2.23. The fraction of sp³-hybridized carbons (Fsp3) is 0.455. The van der Waals surface area contributed by atoms with E-state index in [0.29, 0.717) is 11.7 Å². The highest BCUT2D eigenvalue weighted by molar-refractivity contribution is 5.50. The van der Waals surface area contributed by atoms with Gasteiger partial charge in [-0.05, 0) is 19.1 Å². The average molecular weight is 202 g/mol. The first-order valence-electron chi connectivity index (χ1n) is 5.18. The quantitative estimate of drug-likeness (QED) is 0.786. The molecule has 78 valence electrons. The van der Waals surface area contributed by atoms with Gasteiger partial charge in [0.2, 0.25) is 0 Å². The van der Waals surface area contributed by atoms with E-state index in [2.05, 4.69) is 28.2 Å². The van der Waals surface area contributed by atoms with Crippen molar-refractivity contribution in [3.63, 3.8) is 0 Å². The van der Waals surface area contributed by atoms with E-state index in [1.807, 2.05) is 12.1 Å². The molecule has 1 N–H and O–H groups in total. The molecule has 4 heteroatoms. The minimum Gasteiger partial charge on any atom is -0.366 e. The lowest BCUT2D eigenvalue weighted by Gasteiger charge is -2.39. The Morgan fingerprint density at radius 2 is 2.47 bits per heavy atom. The van der Waals surface area contributed by atoms with Crippen molar-refractivity contribution in [3.05, 3.63) is 24.0 Å². The molecule has 1 fully saturated rings. The smallest absolute Gasteiger partial charge is 0.142 e. The summed E-state index contributed by atoms with van der Waals surface area (Å²) in [6.07, 6.45) is 1.70. The topological polar surface area (TPSA) is 52.0 Å². The molecule has 4 nitrogen and oxygen atoms in total. The Morgan fingerprint density at radius 1 is 1.67 bits per heavy atom. The molecule has 1 saturated heterocycles. The molecule has 0 aliphatic carbocycles. The normalized spacial score (nSPS) is 15.5. The number of nitriles is 1. The van der Waals surface area contributed by atoms with Gasteiger partial charge >= 0.3 is 0 Å². The molecule has 0 amide bonds. The number of nitrogens with one attached hydrogen (secondary N) is 1. The third kappa shape index (κ3) is 1.92. The summed E-state index contributed by atoms with van der Waals surface area (Å²) in [5, 5.41) is 12.0. The zero-order valence-corrected chi connectivity index (χ0v) is 8.77. The maximum absolute atomic E-state index is 8.78. The molecular weight excluding hydrogens is 188 g/mol. The van der Waals surface area contributed by atoms with Crippen LogP contribution in [0.1, 0.15) is 12.6 Å². The van der Waals surface area contributed by atoms with Crippen LogP contribution in [0, 0.1) is 11.3 Å². The van der Waals surface area contributed by atoms with Gasteiger partial charge in [0.1, 0.15) is 11.8 Å². The van der Waals surface area contributed by atoms with E-state index in [0.717, 1.165) is 25.3 Å². The number of hydrogen-bond donors (Lipinski definition) is 1. The van der Waals surface area contributed by atoms with Crippen LogP contribution in [0.4, 0.5) is 5.69 Å². The molecule has 1 aliphatic heterocycles. The Morgan fingerprint density at radius 3 is 3.00 bits per heavy atom. The number of anilines is 1. The van der Waals surface area contributed by atoms with E-state index < -0.39 is 0 Å². The lowest BCUT2D eigenvalue weighted by molar-refractivity contribution is 0.417. The van der Waals surface area contributed by atoms with Gasteiger partial charge in [0.05, 0.1) is 6.04 Å². The van der Waals surface area contributed by atoms with Crippen LogP contribution >= 0.6 is 0 Å². The first-order valence-corrected chi connectivity index (χ1v) is 5.18. The molecule has 0 saturated carbocycles. The van der Waals surface area contributed by atoms with Crippen molar-refractivity contribution in [2.24, 2.45) is 0 Å². The molecule has 0 spiro atoms. The highest BCUT2D eigenvalue weighted by Gasteiger charge is 2.23. The van der Waals surface area contributed by atoms with Crippen LogP contribution < -0.4 is 10.2 Å². The Bertz CT molecular complexity index is 378. The zero-order valence-electron chi connectivity index (χ0n) is 8.77. The van der Waals surface area contributed by atoms with Gasteiger partial charge in [0.25, 0.3) is 0 Å². The van der Waals surface area contributed by atoms with Crippen LogP contribution in [-0.4, -0.2) is 30.7 Å². The summed E-state index contributed by atoms with van der Waals surface area (Å²) in [7, 11) is 0. The van der Waals surface area contributed by atoms with Crippen molar-refractivity contribution < 1.29 is 0 Å². The molecule has 0 atom stereocenters. The molecule has 15 heavy (non-hydrogen) atoms. The molecule has 0 aromatic carbocycles. The van der Waals surface area contributed by atoms with Gasteiger partial charge in [-0.3, -0.25) is 0 Å². The van der Waals surface area contributed by atoms with Gasteiger partial charge in [0, 0.05) is 31.5 Å². The summed E-state index contributed by atoms with van der Waals surface area (Å²) < 4.78 is 0. The van der Waals surface area contributed by atoms with Crippen LogP contribution in [0.2, 0.25) is 0 Å². The lowest BCUT2D eigenvalue weighted by Crippen LogP contribution is -2.57. The van der Waals surface area contributed by atoms with E-state index >= 15 is 0 Å². The van der Waals surface area contributed by atoms with Crippen molar-refractivity contribution in [2.75, 3.05) is 24.5 Å². The van der Waals surface area contributed by atoms with Crippen molar-refractivity contribution >= 4 is 5.69 Å². The van der Waals surface area contributed by atoms with Crippen molar-refractivity contribution in [2.45, 2.75) is 13.0 Å². The third-order valence-electron chi connectivity index (χ3n) is 2.73. The predicted octanol–water partition coefficient (Wildman–Crippen LogP) is 0.751. The summed E-state index contributed by atoms with van der Waals surface area (Å²) in [6, 6.07) is 6.44. The fourth-order valence-electron chi connectivity index (χ4n) is 1.80. The van der Waals surface area contributed by atoms with Gasteiger partial charge in [-0.25, -0.2) is 4.98 Å². The van der Waals surface area contributed by atoms with E-state index in [4.69, 9.17) is 5.26 Å². The number of nitrogens with zero attached hydrogens (tertiary/aromatic N) is 3. The molecule has 1 aliphatic rings. The molecule has 2 rings (SSSR count). The summed E-state index contributed by atoms with van der Waals surface area (Å²) >= 11 is 0. The lowest BCUT2D eigenvalue weighted by atomic mass is 10.1. The van der Waals surface area contributed by atoms with Crippen LogP contribution in [0.25, 0.3) is 0 Å². The SMILES string of the molecule is CCN(c1ccnc(C#N)c1)C1CNC1.